The maximum atomic E-state index is 5.77. The molecule has 0 radical (unpaired) electrons. The van der Waals surface area contributed by atoms with Gasteiger partial charge < -0.3 is 9.47 Å². The molecule has 14 heavy (non-hydrogen) atoms. The van der Waals surface area contributed by atoms with Crippen LogP contribution in [0.15, 0.2) is 6.20 Å². The molecule has 0 saturated carbocycles. The Bertz CT molecular complexity index is 297. The number of hydrogen-bond acceptors (Lipinski definition) is 4. The van der Waals surface area contributed by atoms with Crippen molar-refractivity contribution in [1.29, 1.82) is 0 Å². The highest BCUT2D eigenvalue weighted by Gasteiger charge is 2.04. The van der Waals surface area contributed by atoms with Gasteiger partial charge in [-0.25, -0.2) is 4.98 Å². The van der Waals surface area contributed by atoms with E-state index in [1.54, 1.807) is 7.11 Å². The van der Waals surface area contributed by atoms with E-state index in [1.165, 1.54) is 6.20 Å². The van der Waals surface area contributed by atoms with Gasteiger partial charge >= 0.3 is 0 Å². The minimum absolute atomic E-state index is 0.121. The number of rotatable bonds is 5. The quantitative estimate of drug-likeness (QED) is 0.581. The first-order valence-electron chi connectivity index (χ1n) is 4.04. The summed E-state index contributed by atoms with van der Waals surface area (Å²) in [5.41, 5.74) is 0. The predicted molar refractivity (Wildman–Crippen MR) is 54.0 cm³/mol. The highest BCUT2D eigenvalue weighted by atomic mass is 35.5. The molecule has 0 aliphatic rings. The molecule has 1 heterocycles. The summed E-state index contributed by atoms with van der Waals surface area (Å²) in [7, 11) is 1.63. The highest BCUT2D eigenvalue weighted by molar-refractivity contribution is 6.32. The molecule has 4 nitrogen and oxygen atoms in total. The summed E-state index contributed by atoms with van der Waals surface area (Å²) in [5, 5.41) is 0.475. The van der Waals surface area contributed by atoms with Crippen molar-refractivity contribution in [2.45, 2.75) is 6.42 Å². The molecule has 1 aromatic rings. The monoisotopic (exact) mass is 236 g/mol. The zero-order valence-electron chi connectivity index (χ0n) is 7.67. The molecule has 0 spiro atoms. The predicted octanol–water partition coefficient (Wildman–Crippen LogP) is 2.20. The molecule has 0 N–H and O–H groups in total. The van der Waals surface area contributed by atoms with Gasteiger partial charge in [0.05, 0.1) is 12.8 Å². The standard InChI is InChI=1S/C8H10Cl2N2O2/c1-13-3-2-4-14-7-6(9)5-11-8(10)12-7/h5H,2-4H2,1H3. The average molecular weight is 237 g/mol. The lowest BCUT2D eigenvalue weighted by Gasteiger charge is -2.05. The SMILES string of the molecule is COCCCOc1nc(Cl)ncc1Cl. The summed E-state index contributed by atoms with van der Waals surface area (Å²) in [4.78, 5) is 7.53. The third-order valence-electron chi connectivity index (χ3n) is 1.41. The number of ether oxygens (including phenoxy) is 2. The van der Waals surface area contributed by atoms with Crippen molar-refractivity contribution in [3.8, 4) is 5.88 Å². The van der Waals surface area contributed by atoms with Crippen LogP contribution in [0, 0.1) is 0 Å². The molecule has 6 heteroatoms. The van der Waals surface area contributed by atoms with Crippen molar-refractivity contribution >= 4 is 23.2 Å². The zero-order chi connectivity index (χ0) is 10.4. The topological polar surface area (TPSA) is 44.2 Å². The van der Waals surface area contributed by atoms with Gasteiger partial charge in [-0.1, -0.05) is 11.6 Å². The van der Waals surface area contributed by atoms with E-state index in [0.717, 1.165) is 6.42 Å². The van der Waals surface area contributed by atoms with E-state index in [9.17, 15) is 0 Å². The molecule has 1 rings (SSSR count). The second kappa shape index (κ2) is 6.01. The average Bonchev–Trinajstić information content (AvgIpc) is 2.18. The van der Waals surface area contributed by atoms with Gasteiger partial charge in [-0.3, -0.25) is 0 Å². The summed E-state index contributed by atoms with van der Waals surface area (Å²) in [5.74, 6) is 0.308. The lowest BCUT2D eigenvalue weighted by atomic mass is 10.5. The molecule has 0 aliphatic carbocycles. The van der Waals surface area contributed by atoms with Crippen LogP contribution in [-0.2, 0) is 4.74 Å². The molecule has 0 amide bonds. The van der Waals surface area contributed by atoms with Gasteiger partial charge in [0.15, 0.2) is 0 Å². The summed E-state index contributed by atoms with van der Waals surface area (Å²) in [6.07, 6.45) is 2.18. The molecule has 0 unspecified atom stereocenters. The lowest BCUT2D eigenvalue weighted by molar-refractivity contribution is 0.170. The van der Waals surface area contributed by atoms with Crippen LogP contribution >= 0.6 is 23.2 Å². The Morgan fingerprint density at radius 2 is 2.14 bits per heavy atom. The second-order valence-corrected chi connectivity index (χ2v) is 3.23. The number of methoxy groups -OCH3 is 1. The van der Waals surface area contributed by atoms with Crippen LogP contribution in [0.5, 0.6) is 5.88 Å². The first-order chi connectivity index (χ1) is 6.74. The van der Waals surface area contributed by atoms with Crippen molar-refractivity contribution in [1.82, 2.24) is 9.97 Å². The Kier molecular flexibility index (Phi) is 4.93. The van der Waals surface area contributed by atoms with Crippen LogP contribution in [-0.4, -0.2) is 30.3 Å². The Morgan fingerprint density at radius 3 is 2.86 bits per heavy atom. The Hall–Kier alpha value is -0.580. The van der Waals surface area contributed by atoms with Crippen LogP contribution in [0.1, 0.15) is 6.42 Å². The van der Waals surface area contributed by atoms with E-state index in [1.807, 2.05) is 0 Å². The van der Waals surface area contributed by atoms with Gasteiger partial charge in [-0.2, -0.15) is 4.98 Å². The highest BCUT2D eigenvalue weighted by Crippen LogP contribution is 2.21. The summed E-state index contributed by atoms with van der Waals surface area (Å²) < 4.78 is 10.1. The van der Waals surface area contributed by atoms with Gasteiger partial charge in [0.25, 0.3) is 0 Å². The van der Waals surface area contributed by atoms with Gasteiger partial charge in [-0.05, 0) is 11.6 Å². The number of aromatic nitrogens is 2. The summed E-state index contributed by atoms with van der Waals surface area (Å²) in [6.45, 7) is 1.12. The van der Waals surface area contributed by atoms with E-state index in [0.29, 0.717) is 24.1 Å². The fraction of sp³-hybridized carbons (Fsp3) is 0.500. The van der Waals surface area contributed by atoms with E-state index in [-0.39, 0.29) is 5.28 Å². The van der Waals surface area contributed by atoms with Crippen molar-refractivity contribution in [2.75, 3.05) is 20.3 Å². The smallest absolute Gasteiger partial charge is 0.237 e. The van der Waals surface area contributed by atoms with Crippen LogP contribution in [0.25, 0.3) is 0 Å². The lowest BCUT2D eigenvalue weighted by Crippen LogP contribution is -2.03. The Morgan fingerprint density at radius 1 is 1.36 bits per heavy atom. The van der Waals surface area contributed by atoms with Gasteiger partial charge in [-0.15, -0.1) is 0 Å². The minimum atomic E-state index is 0.121. The zero-order valence-corrected chi connectivity index (χ0v) is 9.18. The molecule has 0 saturated heterocycles. The molecular formula is C8H10Cl2N2O2. The van der Waals surface area contributed by atoms with Crippen molar-refractivity contribution in [2.24, 2.45) is 0 Å². The molecule has 0 bridgehead atoms. The van der Waals surface area contributed by atoms with E-state index < -0.39 is 0 Å². The van der Waals surface area contributed by atoms with Crippen molar-refractivity contribution in [3.05, 3.63) is 16.5 Å². The van der Waals surface area contributed by atoms with Crippen molar-refractivity contribution in [3.63, 3.8) is 0 Å². The van der Waals surface area contributed by atoms with Gasteiger partial charge in [0.2, 0.25) is 11.2 Å². The molecule has 78 valence electrons. The van der Waals surface area contributed by atoms with Crippen LogP contribution in [0.2, 0.25) is 10.3 Å². The third-order valence-corrected chi connectivity index (χ3v) is 1.86. The first kappa shape index (κ1) is 11.5. The molecule has 1 aromatic heterocycles. The molecule has 0 aliphatic heterocycles. The van der Waals surface area contributed by atoms with E-state index in [2.05, 4.69) is 9.97 Å². The van der Waals surface area contributed by atoms with Crippen molar-refractivity contribution < 1.29 is 9.47 Å². The van der Waals surface area contributed by atoms with E-state index in [4.69, 9.17) is 32.7 Å². The number of nitrogens with zero attached hydrogens (tertiary/aromatic N) is 2. The summed E-state index contributed by atoms with van der Waals surface area (Å²) in [6, 6.07) is 0. The molecule has 0 atom stereocenters. The second-order valence-electron chi connectivity index (χ2n) is 2.49. The number of halogens is 2. The Labute approximate surface area is 92.2 Å². The molecule has 0 aromatic carbocycles. The van der Waals surface area contributed by atoms with Crippen LogP contribution in [0.4, 0.5) is 0 Å². The van der Waals surface area contributed by atoms with Gasteiger partial charge in [0.1, 0.15) is 5.02 Å². The molecular weight excluding hydrogens is 227 g/mol. The van der Waals surface area contributed by atoms with Crippen LogP contribution < -0.4 is 4.74 Å². The third kappa shape index (κ3) is 3.65. The maximum absolute atomic E-state index is 5.77. The van der Waals surface area contributed by atoms with E-state index >= 15 is 0 Å². The fourth-order valence-corrected chi connectivity index (χ4v) is 1.08. The first-order valence-corrected chi connectivity index (χ1v) is 4.79. The Balaban J connectivity index is 2.45. The van der Waals surface area contributed by atoms with Crippen LogP contribution in [0.3, 0.4) is 0 Å². The minimum Gasteiger partial charge on any atom is -0.476 e. The largest absolute Gasteiger partial charge is 0.476 e. The number of hydrogen-bond donors (Lipinski definition) is 0. The fourth-order valence-electron chi connectivity index (χ4n) is 0.805. The molecule has 0 fully saturated rings. The maximum Gasteiger partial charge on any atom is 0.237 e. The van der Waals surface area contributed by atoms with Gasteiger partial charge in [0, 0.05) is 20.1 Å². The summed E-state index contributed by atoms with van der Waals surface area (Å²) >= 11 is 11.3. The normalized spacial score (nSPS) is 10.2.